The molecule has 420 valence electrons. The first-order chi connectivity index (χ1) is 36.2. The summed E-state index contributed by atoms with van der Waals surface area (Å²) in [4.78, 5) is 48.5. The van der Waals surface area contributed by atoms with Gasteiger partial charge in [-0.1, -0.05) is 200 Å². The van der Waals surface area contributed by atoms with Crippen molar-refractivity contribution in [2.75, 3.05) is 26.4 Å². The van der Waals surface area contributed by atoms with E-state index in [2.05, 4.69) is 130 Å². The van der Waals surface area contributed by atoms with E-state index in [1.807, 2.05) is 12.2 Å². The Morgan fingerprint density at radius 1 is 0.392 bits per heavy atom. The summed E-state index contributed by atoms with van der Waals surface area (Å²) < 4.78 is 39.4. The summed E-state index contributed by atoms with van der Waals surface area (Å²) in [5, 5.41) is 9.81. The molecule has 0 aromatic rings. The van der Waals surface area contributed by atoms with Gasteiger partial charge in [0.1, 0.15) is 12.7 Å². The first-order valence-corrected chi connectivity index (χ1v) is 29.9. The Hall–Kier alpha value is -4.12. The van der Waals surface area contributed by atoms with Crippen LogP contribution in [0.2, 0.25) is 0 Å². The molecule has 0 radical (unpaired) electrons. The number of esters is 3. The van der Waals surface area contributed by atoms with Gasteiger partial charge in [-0.3, -0.25) is 23.4 Å². The van der Waals surface area contributed by atoms with Crippen LogP contribution in [0.4, 0.5) is 0 Å². The van der Waals surface area contributed by atoms with Crippen molar-refractivity contribution in [2.45, 2.75) is 226 Å². The highest BCUT2D eigenvalue weighted by molar-refractivity contribution is 7.47. The minimum Gasteiger partial charge on any atom is -0.462 e. The Balaban J connectivity index is 4.87. The number of carbonyl (C=O) groups excluding carboxylic acids is 3. The molecule has 0 amide bonds. The number of ether oxygens (including phenoxy) is 3. The maximum absolute atomic E-state index is 12.9. The summed E-state index contributed by atoms with van der Waals surface area (Å²) >= 11 is 0. The second-order valence-electron chi connectivity index (χ2n) is 18.4. The van der Waals surface area contributed by atoms with Gasteiger partial charge in [-0.05, 0) is 116 Å². The van der Waals surface area contributed by atoms with Gasteiger partial charge in [-0.15, -0.1) is 0 Å². The summed E-state index contributed by atoms with van der Waals surface area (Å²) in [5.74, 6) is -1.61. The molecule has 12 heteroatoms. The van der Waals surface area contributed by atoms with Gasteiger partial charge in [-0.2, -0.15) is 0 Å². The smallest absolute Gasteiger partial charge is 0.462 e. The lowest BCUT2D eigenvalue weighted by atomic mass is 10.1. The number of unbranched alkanes of at least 4 members (excludes halogenated alkanes) is 14. The zero-order valence-corrected chi connectivity index (χ0v) is 47.2. The summed E-state index contributed by atoms with van der Waals surface area (Å²) in [5.41, 5.74) is 0. The zero-order valence-electron chi connectivity index (χ0n) is 46.3. The van der Waals surface area contributed by atoms with Crippen LogP contribution in [0.1, 0.15) is 213 Å². The standard InChI is InChI=1S/C62H101O11P/c1-4-7-10-13-16-19-22-25-27-28-29-30-32-35-38-41-44-47-50-53-62(66)73-59(55-69-60(64)51-48-45-42-39-36-33-24-21-18-15-12-9-6-3)57-71-74(67,68)70-56-58(54-63)72-61(65)52-49-46-43-40-37-34-31-26-23-20-17-14-11-8-5-2/h7,10,12,15-17,19-21,24-27,29-31,35,38,44,47,58-59,63H,4-6,8-9,11,13-14,18,22-23,28,32-34,36-37,39-43,45-46,48-57H2,1-3H3,(H,67,68)/b10-7-,15-12-,19-16-,20-17-,24-21-,27-25-,30-29-,31-26-,38-35-,47-44-. The van der Waals surface area contributed by atoms with Crippen LogP contribution in [0.15, 0.2) is 122 Å². The molecular formula is C62H101O11P. The van der Waals surface area contributed by atoms with Crippen LogP contribution in [-0.2, 0) is 42.2 Å². The van der Waals surface area contributed by atoms with Crippen molar-refractivity contribution in [1.82, 2.24) is 0 Å². The molecule has 3 unspecified atom stereocenters. The topological polar surface area (TPSA) is 155 Å². The van der Waals surface area contributed by atoms with Gasteiger partial charge < -0.3 is 24.2 Å². The number of phosphoric acid groups is 1. The van der Waals surface area contributed by atoms with Crippen molar-refractivity contribution in [3.63, 3.8) is 0 Å². The number of phosphoric ester groups is 1. The molecule has 0 aliphatic rings. The van der Waals surface area contributed by atoms with Crippen molar-refractivity contribution in [1.29, 1.82) is 0 Å². The second kappa shape index (κ2) is 55.1. The summed E-state index contributed by atoms with van der Waals surface area (Å²) in [6, 6.07) is 0. The highest BCUT2D eigenvalue weighted by Gasteiger charge is 2.28. The fourth-order valence-corrected chi connectivity index (χ4v) is 7.82. The summed E-state index contributed by atoms with van der Waals surface area (Å²) in [6.45, 7) is 4.30. The lowest BCUT2D eigenvalue weighted by Crippen LogP contribution is -2.30. The van der Waals surface area contributed by atoms with E-state index in [0.29, 0.717) is 25.7 Å². The molecule has 2 N–H and O–H groups in total. The van der Waals surface area contributed by atoms with Gasteiger partial charge in [0.2, 0.25) is 0 Å². The molecule has 0 saturated carbocycles. The Morgan fingerprint density at radius 3 is 1.22 bits per heavy atom. The highest BCUT2D eigenvalue weighted by Crippen LogP contribution is 2.43. The van der Waals surface area contributed by atoms with Crippen LogP contribution in [0.25, 0.3) is 0 Å². The average Bonchev–Trinajstić information content (AvgIpc) is 3.39. The minimum absolute atomic E-state index is 0.0322. The predicted octanol–water partition coefficient (Wildman–Crippen LogP) is 16.8. The molecule has 0 spiro atoms. The van der Waals surface area contributed by atoms with E-state index in [0.717, 1.165) is 128 Å². The van der Waals surface area contributed by atoms with Crippen LogP contribution < -0.4 is 0 Å². The van der Waals surface area contributed by atoms with Gasteiger partial charge in [0.15, 0.2) is 6.10 Å². The van der Waals surface area contributed by atoms with Gasteiger partial charge in [0.25, 0.3) is 0 Å². The minimum atomic E-state index is -4.78. The van der Waals surface area contributed by atoms with Crippen molar-refractivity contribution in [3.8, 4) is 0 Å². The molecule has 3 atom stereocenters. The zero-order chi connectivity index (χ0) is 54.1. The fraction of sp³-hybridized carbons (Fsp3) is 0.629. The van der Waals surface area contributed by atoms with Crippen LogP contribution >= 0.6 is 7.82 Å². The Bertz CT molecular complexity index is 1700. The number of aliphatic hydroxyl groups is 1. The van der Waals surface area contributed by atoms with Crippen LogP contribution in [0, 0.1) is 0 Å². The second-order valence-corrected chi connectivity index (χ2v) is 19.8. The Morgan fingerprint density at radius 2 is 0.757 bits per heavy atom. The maximum atomic E-state index is 12.9. The molecule has 11 nitrogen and oxygen atoms in total. The van der Waals surface area contributed by atoms with Gasteiger partial charge in [0, 0.05) is 19.3 Å². The lowest BCUT2D eigenvalue weighted by Gasteiger charge is -2.21. The first-order valence-electron chi connectivity index (χ1n) is 28.4. The monoisotopic (exact) mass is 1050 g/mol. The SMILES string of the molecule is CC/C=C\C/C=C\C/C=C\C/C=C\C/C=C\C/C=C\CCC(=O)OC(COC(=O)CCCCCCC/C=C\C/C=C\CCC)COP(=O)(O)OCC(CO)OC(=O)CCCCCCC/C=C\C/C=C\CCCCC. The van der Waals surface area contributed by atoms with E-state index in [1.165, 1.54) is 19.3 Å². The molecule has 0 aromatic heterocycles. The largest absolute Gasteiger partial charge is 0.472 e. The number of carbonyl (C=O) groups is 3. The number of hydrogen-bond donors (Lipinski definition) is 2. The maximum Gasteiger partial charge on any atom is 0.472 e. The first kappa shape index (κ1) is 69.9. The van der Waals surface area contributed by atoms with E-state index >= 15 is 0 Å². The lowest BCUT2D eigenvalue weighted by molar-refractivity contribution is -0.161. The fourth-order valence-electron chi connectivity index (χ4n) is 7.04. The third-order valence-corrected chi connectivity index (χ3v) is 12.3. The molecule has 0 aromatic carbocycles. The van der Waals surface area contributed by atoms with Crippen LogP contribution in [0.3, 0.4) is 0 Å². The normalized spacial score (nSPS) is 14.3. The quantitative estimate of drug-likeness (QED) is 0.0197. The Kier molecular flexibility index (Phi) is 52.1. The highest BCUT2D eigenvalue weighted by atomic mass is 31.2. The van der Waals surface area contributed by atoms with E-state index in [1.54, 1.807) is 0 Å². The van der Waals surface area contributed by atoms with Crippen molar-refractivity contribution in [2.24, 2.45) is 0 Å². The molecule has 0 aliphatic carbocycles. The molecule has 0 heterocycles. The van der Waals surface area contributed by atoms with Crippen LogP contribution in [-0.4, -0.2) is 66.5 Å². The molecule has 0 bridgehead atoms. The average molecular weight is 1050 g/mol. The molecular weight excluding hydrogens is 952 g/mol. The van der Waals surface area contributed by atoms with Gasteiger partial charge >= 0.3 is 25.7 Å². The third kappa shape index (κ3) is 52.7. The number of hydrogen-bond acceptors (Lipinski definition) is 10. The molecule has 0 saturated heterocycles. The van der Waals surface area contributed by atoms with E-state index < -0.39 is 57.8 Å². The number of aliphatic hydroxyl groups excluding tert-OH is 1. The van der Waals surface area contributed by atoms with Crippen molar-refractivity contribution >= 4 is 25.7 Å². The van der Waals surface area contributed by atoms with Gasteiger partial charge in [-0.25, -0.2) is 4.57 Å². The summed E-state index contributed by atoms with van der Waals surface area (Å²) in [7, 11) is -4.78. The number of rotatable bonds is 51. The van der Waals surface area contributed by atoms with E-state index in [9.17, 15) is 28.9 Å². The van der Waals surface area contributed by atoms with Gasteiger partial charge in [0.05, 0.1) is 19.8 Å². The van der Waals surface area contributed by atoms with E-state index in [-0.39, 0.29) is 25.9 Å². The predicted molar refractivity (Wildman–Crippen MR) is 306 cm³/mol. The van der Waals surface area contributed by atoms with Crippen molar-refractivity contribution < 1.29 is 52.2 Å². The summed E-state index contributed by atoms with van der Waals surface area (Å²) in [6.07, 6.45) is 67.4. The third-order valence-electron chi connectivity index (χ3n) is 11.3. The van der Waals surface area contributed by atoms with E-state index in [4.69, 9.17) is 23.3 Å². The van der Waals surface area contributed by atoms with Crippen molar-refractivity contribution in [3.05, 3.63) is 122 Å². The molecule has 0 fully saturated rings. The molecule has 74 heavy (non-hydrogen) atoms. The molecule has 0 aliphatic heterocycles. The Labute approximate surface area is 449 Å². The van der Waals surface area contributed by atoms with Crippen LogP contribution in [0.5, 0.6) is 0 Å². The molecule has 0 rings (SSSR count). The number of allylic oxidation sites excluding steroid dienone is 20.